The lowest BCUT2D eigenvalue weighted by molar-refractivity contribution is -0.137. The third-order valence-corrected chi connectivity index (χ3v) is 6.13. The smallest absolute Gasteiger partial charge is 0.303 e. The van der Waals surface area contributed by atoms with Crippen LogP contribution in [-0.4, -0.2) is 46.7 Å². The van der Waals surface area contributed by atoms with Crippen LogP contribution in [0.3, 0.4) is 0 Å². The molecule has 2 rings (SSSR count). The van der Waals surface area contributed by atoms with E-state index < -0.39 is 18.2 Å². The largest absolute Gasteiger partial charge is 0.481 e. The molecule has 0 bridgehead atoms. The van der Waals surface area contributed by atoms with E-state index in [0.717, 1.165) is 12.8 Å². The van der Waals surface area contributed by atoms with Gasteiger partial charge in [0.15, 0.2) is 0 Å². The number of hydrogen-bond acceptors (Lipinski definition) is 5. The van der Waals surface area contributed by atoms with Gasteiger partial charge in [-0.3, -0.25) is 4.79 Å². The molecule has 3 N–H and O–H groups in total. The van der Waals surface area contributed by atoms with Crippen LogP contribution >= 0.6 is 11.3 Å². The van der Waals surface area contributed by atoms with E-state index in [4.69, 9.17) is 9.84 Å². The fourth-order valence-corrected chi connectivity index (χ4v) is 4.44. The summed E-state index contributed by atoms with van der Waals surface area (Å²) in [7, 11) is 1.69. The number of unbranched alkanes of at least 4 members (excludes halogenated alkanes) is 1. The molecule has 0 aromatic carbocycles. The Kier molecular flexibility index (Phi) is 9.92. The maximum absolute atomic E-state index is 10.5. The summed E-state index contributed by atoms with van der Waals surface area (Å²) in [5.41, 5.74) is 1.31. The number of rotatable bonds is 12. The van der Waals surface area contributed by atoms with E-state index in [-0.39, 0.29) is 24.4 Å². The Balaban J connectivity index is 1.85. The van der Waals surface area contributed by atoms with E-state index in [1.54, 1.807) is 18.4 Å². The van der Waals surface area contributed by atoms with Gasteiger partial charge in [-0.15, -0.1) is 0 Å². The van der Waals surface area contributed by atoms with Crippen molar-refractivity contribution in [2.75, 3.05) is 7.11 Å². The molecule has 0 amide bonds. The molecule has 1 heterocycles. The zero-order chi connectivity index (χ0) is 20.4. The molecule has 1 aliphatic carbocycles. The lowest BCUT2D eigenvalue weighted by atomic mass is 9.89. The Morgan fingerprint density at radius 2 is 2.18 bits per heavy atom. The molecule has 1 saturated carbocycles. The second kappa shape index (κ2) is 12.2. The Bertz CT molecular complexity index is 625. The normalized spacial score (nSPS) is 26.4. The molecule has 156 valence electrons. The number of carboxylic acid groups (broad SMARTS) is 1. The molecule has 0 radical (unpaired) electrons. The third kappa shape index (κ3) is 7.51. The summed E-state index contributed by atoms with van der Waals surface area (Å²) in [4.78, 5) is 10.5. The number of carboxylic acids is 1. The molecule has 1 fully saturated rings. The number of methoxy groups -OCH3 is 1. The number of allylic oxidation sites excluding steroid dienone is 2. The average molecular weight is 409 g/mol. The van der Waals surface area contributed by atoms with Crippen LogP contribution in [0.2, 0.25) is 0 Å². The monoisotopic (exact) mass is 408 g/mol. The highest BCUT2D eigenvalue weighted by Crippen LogP contribution is 2.36. The van der Waals surface area contributed by atoms with Crippen molar-refractivity contribution in [2.24, 2.45) is 11.8 Å². The van der Waals surface area contributed by atoms with E-state index in [2.05, 4.69) is 16.8 Å². The van der Waals surface area contributed by atoms with Gasteiger partial charge in [-0.1, -0.05) is 24.3 Å². The van der Waals surface area contributed by atoms with Gasteiger partial charge in [-0.25, -0.2) is 0 Å². The first-order chi connectivity index (χ1) is 13.5. The fraction of sp³-hybridized carbons (Fsp3) is 0.591. The highest BCUT2D eigenvalue weighted by Gasteiger charge is 2.39. The van der Waals surface area contributed by atoms with Crippen LogP contribution in [0, 0.1) is 11.8 Å². The molecule has 1 aromatic heterocycles. The van der Waals surface area contributed by atoms with Gasteiger partial charge < -0.3 is 20.1 Å². The first-order valence-electron chi connectivity index (χ1n) is 9.96. The highest BCUT2D eigenvalue weighted by atomic mass is 32.1. The summed E-state index contributed by atoms with van der Waals surface area (Å²) in [5, 5.41) is 33.6. The summed E-state index contributed by atoms with van der Waals surface area (Å²) < 4.78 is 5.56. The number of aliphatic hydroxyl groups excluding tert-OH is 2. The van der Waals surface area contributed by atoms with Crippen LogP contribution < -0.4 is 0 Å². The maximum atomic E-state index is 10.5. The molecule has 6 heteroatoms. The zero-order valence-corrected chi connectivity index (χ0v) is 17.3. The molecular weight excluding hydrogens is 376 g/mol. The van der Waals surface area contributed by atoms with Crippen molar-refractivity contribution in [3.8, 4) is 0 Å². The topological polar surface area (TPSA) is 87.0 Å². The second-order valence-corrected chi connectivity index (χ2v) is 8.21. The Morgan fingerprint density at radius 3 is 2.86 bits per heavy atom. The molecule has 5 nitrogen and oxygen atoms in total. The molecule has 0 aliphatic heterocycles. The summed E-state index contributed by atoms with van der Waals surface area (Å²) in [5.74, 6) is -0.909. The number of thiophene rings is 1. The first kappa shape index (κ1) is 22.8. The van der Waals surface area contributed by atoms with Crippen LogP contribution in [-0.2, 0) is 16.0 Å². The number of carbonyl (C=O) groups is 1. The molecule has 0 saturated heterocycles. The predicted octanol–water partition coefficient (Wildman–Crippen LogP) is 3.81. The fourth-order valence-electron chi connectivity index (χ4n) is 3.74. The van der Waals surface area contributed by atoms with Crippen molar-refractivity contribution in [1.82, 2.24) is 0 Å². The van der Waals surface area contributed by atoms with Gasteiger partial charge in [0.25, 0.3) is 0 Å². The van der Waals surface area contributed by atoms with Gasteiger partial charge in [0.05, 0.1) is 18.3 Å². The van der Waals surface area contributed by atoms with Crippen LogP contribution in [0.4, 0.5) is 0 Å². The molecule has 28 heavy (non-hydrogen) atoms. The quantitative estimate of drug-likeness (QED) is 0.362. The summed E-state index contributed by atoms with van der Waals surface area (Å²) >= 11 is 1.69. The minimum absolute atomic E-state index is 0.0166. The summed E-state index contributed by atoms with van der Waals surface area (Å²) in [6.45, 7) is 0. The van der Waals surface area contributed by atoms with Crippen LogP contribution in [0.25, 0.3) is 0 Å². The Hall–Kier alpha value is -1.47. The number of aryl methyl sites for hydroxylation is 1. The standard InChI is InChI=1S/C22H32O5S/c1-27-17(9-8-16-12-13-28-15-16)10-11-19-18(20(23)14-21(19)24)6-4-2-3-5-7-22(25)26/h2,4,10-13,15,17-21,23-24H,3,5-9,14H2,1H3,(H,25,26)/b4-2-,11-10+/t17?,18-,19-,20?,21?/m1/s1. The van der Waals surface area contributed by atoms with Gasteiger partial charge in [0, 0.05) is 25.9 Å². The maximum Gasteiger partial charge on any atom is 0.303 e. The number of aliphatic carboxylic acids is 1. The molecule has 5 atom stereocenters. The van der Waals surface area contributed by atoms with Gasteiger partial charge in [0.1, 0.15) is 0 Å². The van der Waals surface area contributed by atoms with Crippen molar-refractivity contribution in [1.29, 1.82) is 0 Å². The second-order valence-electron chi connectivity index (χ2n) is 7.43. The predicted molar refractivity (Wildman–Crippen MR) is 111 cm³/mol. The van der Waals surface area contributed by atoms with Crippen LogP contribution in [0.5, 0.6) is 0 Å². The van der Waals surface area contributed by atoms with Gasteiger partial charge >= 0.3 is 5.97 Å². The van der Waals surface area contributed by atoms with Gasteiger partial charge in [0.2, 0.25) is 0 Å². The van der Waals surface area contributed by atoms with Crippen molar-refractivity contribution < 1.29 is 24.9 Å². The van der Waals surface area contributed by atoms with E-state index >= 15 is 0 Å². The average Bonchev–Trinajstić information content (AvgIpc) is 3.26. The minimum Gasteiger partial charge on any atom is -0.481 e. The summed E-state index contributed by atoms with van der Waals surface area (Å²) in [6, 6.07) is 2.12. The zero-order valence-electron chi connectivity index (χ0n) is 16.4. The third-order valence-electron chi connectivity index (χ3n) is 5.40. The van der Waals surface area contributed by atoms with Crippen molar-refractivity contribution in [3.63, 3.8) is 0 Å². The number of hydrogen-bond donors (Lipinski definition) is 3. The van der Waals surface area contributed by atoms with E-state index in [9.17, 15) is 15.0 Å². The molecular formula is C22H32O5S. The van der Waals surface area contributed by atoms with Gasteiger partial charge in [-0.05, 0) is 60.4 Å². The van der Waals surface area contributed by atoms with Crippen molar-refractivity contribution >= 4 is 17.3 Å². The molecule has 1 aromatic rings. The van der Waals surface area contributed by atoms with Crippen LogP contribution in [0.1, 0.15) is 44.1 Å². The van der Waals surface area contributed by atoms with Gasteiger partial charge in [-0.2, -0.15) is 11.3 Å². The van der Waals surface area contributed by atoms with E-state index in [0.29, 0.717) is 25.7 Å². The van der Waals surface area contributed by atoms with Crippen LogP contribution in [0.15, 0.2) is 41.1 Å². The first-order valence-corrected chi connectivity index (χ1v) is 10.9. The molecule has 0 spiro atoms. The summed E-state index contributed by atoms with van der Waals surface area (Å²) in [6.07, 6.45) is 11.3. The van der Waals surface area contributed by atoms with E-state index in [1.165, 1.54) is 5.56 Å². The lowest BCUT2D eigenvalue weighted by Crippen LogP contribution is -2.20. The van der Waals surface area contributed by atoms with Crippen molar-refractivity contribution in [3.05, 3.63) is 46.7 Å². The number of ether oxygens (including phenoxy) is 1. The van der Waals surface area contributed by atoms with E-state index in [1.807, 2.05) is 24.3 Å². The minimum atomic E-state index is -0.778. The SMILES string of the molecule is COC(/C=C/[C@H]1C(O)CC(O)[C@@H]1C/C=C\CCCC(=O)O)CCc1ccsc1. The highest BCUT2D eigenvalue weighted by molar-refractivity contribution is 7.07. The number of aliphatic hydroxyl groups is 2. The molecule has 3 unspecified atom stereocenters. The Labute approximate surface area is 171 Å². The lowest BCUT2D eigenvalue weighted by Gasteiger charge is -2.20. The molecule has 1 aliphatic rings. The van der Waals surface area contributed by atoms with Crippen molar-refractivity contribution in [2.45, 2.75) is 63.3 Å². The Morgan fingerprint density at radius 1 is 1.36 bits per heavy atom.